The van der Waals surface area contributed by atoms with E-state index in [1.807, 2.05) is 0 Å². The number of benzene rings is 1. The average Bonchev–Trinajstić information content (AvgIpc) is 2.80. The maximum absolute atomic E-state index is 12.8. The minimum atomic E-state index is -1.03. The Bertz CT molecular complexity index is 375. The molecule has 14 heavy (non-hydrogen) atoms. The quantitative estimate of drug-likeness (QED) is 0.761. The van der Waals surface area contributed by atoms with Gasteiger partial charge in [0.05, 0.1) is 0 Å². The molecule has 0 aromatic heterocycles. The second kappa shape index (κ2) is 2.92. The van der Waals surface area contributed by atoms with Crippen molar-refractivity contribution in [3.63, 3.8) is 0 Å². The molecular weight excluding hydrogens is 188 g/mol. The van der Waals surface area contributed by atoms with Crippen molar-refractivity contribution in [3.8, 4) is 5.75 Å². The molecule has 1 aliphatic rings. The third-order valence-electron chi connectivity index (χ3n) is 2.56. The summed E-state index contributed by atoms with van der Waals surface area (Å²) in [4.78, 5) is 0. The lowest BCUT2D eigenvalue weighted by Crippen LogP contribution is -2.24. The molecule has 4 heteroatoms. The Balaban J connectivity index is 2.29. The molecule has 0 bridgehead atoms. The summed E-state index contributed by atoms with van der Waals surface area (Å²) in [7, 11) is 0. The predicted octanol–water partition coefficient (Wildman–Crippen LogP) is 1.70. The fraction of sp³-hybridized carbons (Fsp3) is 0.400. The van der Waals surface area contributed by atoms with E-state index in [2.05, 4.69) is 0 Å². The first-order valence-electron chi connectivity index (χ1n) is 4.46. The van der Waals surface area contributed by atoms with E-state index in [-0.39, 0.29) is 11.3 Å². The van der Waals surface area contributed by atoms with Crippen LogP contribution in [0.15, 0.2) is 12.1 Å². The summed E-state index contributed by atoms with van der Waals surface area (Å²) >= 11 is 0. The van der Waals surface area contributed by atoms with E-state index in [9.17, 15) is 13.9 Å². The molecule has 0 heterocycles. The Labute approximate surface area is 80.4 Å². The van der Waals surface area contributed by atoms with Gasteiger partial charge in [-0.15, -0.1) is 0 Å². The van der Waals surface area contributed by atoms with Crippen LogP contribution in [-0.4, -0.2) is 10.6 Å². The zero-order chi connectivity index (χ0) is 10.3. The second-order valence-electron chi connectivity index (χ2n) is 3.93. The highest BCUT2D eigenvalue weighted by atomic mass is 19.2. The summed E-state index contributed by atoms with van der Waals surface area (Å²) in [5.74, 6) is -2.20. The van der Waals surface area contributed by atoms with Crippen molar-refractivity contribution < 1.29 is 13.9 Å². The molecule has 0 saturated heterocycles. The van der Waals surface area contributed by atoms with Gasteiger partial charge in [0, 0.05) is 11.6 Å². The lowest BCUT2D eigenvalue weighted by atomic mass is 10.0. The summed E-state index contributed by atoms with van der Waals surface area (Å²) < 4.78 is 25.5. The van der Waals surface area contributed by atoms with E-state index in [1.54, 1.807) is 0 Å². The van der Waals surface area contributed by atoms with E-state index < -0.39 is 11.6 Å². The van der Waals surface area contributed by atoms with Crippen LogP contribution in [-0.2, 0) is 6.42 Å². The minimum Gasteiger partial charge on any atom is -0.508 e. The van der Waals surface area contributed by atoms with Crippen LogP contribution in [0.5, 0.6) is 5.75 Å². The number of hydrogen-bond donors (Lipinski definition) is 2. The Hall–Kier alpha value is -1.16. The van der Waals surface area contributed by atoms with Crippen LogP contribution in [0.3, 0.4) is 0 Å². The highest BCUT2D eigenvalue weighted by Gasteiger charge is 2.38. The Morgan fingerprint density at radius 1 is 1.29 bits per heavy atom. The van der Waals surface area contributed by atoms with Crippen LogP contribution < -0.4 is 5.73 Å². The summed E-state index contributed by atoms with van der Waals surface area (Å²) in [6.07, 6.45) is 2.13. The summed E-state index contributed by atoms with van der Waals surface area (Å²) in [6.45, 7) is 0. The number of hydrogen-bond acceptors (Lipinski definition) is 2. The normalized spacial score (nSPS) is 18.2. The Morgan fingerprint density at radius 2 is 1.86 bits per heavy atom. The molecule has 0 spiro atoms. The van der Waals surface area contributed by atoms with Crippen molar-refractivity contribution in [1.82, 2.24) is 0 Å². The van der Waals surface area contributed by atoms with E-state index >= 15 is 0 Å². The van der Waals surface area contributed by atoms with Crippen LogP contribution in [0.4, 0.5) is 8.78 Å². The van der Waals surface area contributed by atoms with Crippen LogP contribution in [0.2, 0.25) is 0 Å². The number of phenolic OH excluding ortho intramolecular Hbond substituents is 1. The molecule has 3 N–H and O–H groups in total. The van der Waals surface area contributed by atoms with Gasteiger partial charge in [-0.2, -0.15) is 0 Å². The van der Waals surface area contributed by atoms with Gasteiger partial charge < -0.3 is 10.8 Å². The standard InChI is InChI=1S/C10H11F2NO/c11-7-3-6(5-10(13)1-2-10)9(14)4-8(7)12/h3-4,14H,1-2,5,13H2. The first-order valence-corrected chi connectivity index (χ1v) is 4.46. The molecule has 0 unspecified atom stereocenters. The average molecular weight is 199 g/mol. The molecule has 2 rings (SSSR count). The molecule has 0 aliphatic heterocycles. The number of halogens is 2. The topological polar surface area (TPSA) is 46.2 Å². The third kappa shape index (κ3) is 1.70. The fourth-order valence-corrected chi connectivity index (χ4v) is 1.44. The van der Waals surface area contributed by atoms with Crippen LogP contribution in [0, 0.1) is 11.6 Å². The highest BCUT2D eigenvalue weighted by Crippen LogP contribution is 2.37. The number of aromatic hydroxyl groups is 1. The fourth-order valence-electron chi connectivity index (χ4n) is 1.44. The smallest absolute Gasteiger partial charge is 0.162 e. The maximum atomic E-state index is 12.8. The van der Waals surface area contributed by atoms with E-state index in [1.165, 1.54) is 0 Å². The predicted molar refractivity (Wildman–Crippen MR) is 47.9 cm³/mol. The molecule has 0 amide bonds. The number of rotatable bonds is 2. The molecular formula is C10H11F2NO. The first-order chi connectivity index (χ1) is 6.50. The van der Waals surface area contributed by atoms with Crippen LogP contribution in [0.25, 0.3) is 0 Å². The van der Waals surface area contributed by atoms with Crippen molar-refractivity contribution in [2.24, 2.45) is 5.73 Å². The van der Waals surface area contributed by atoms with E-state index in [0.717, 1.165) is 25.0 Å². The number of nitrogens with two attached hydrogens (primary N) is 1. The lowest BCUT2D eigenvalue weighted by molar-refractivity contribution is 0.443. The Kier molecular flexibility index (Phi) is 1.96. The molecule has 76 valence electrons. The molecule has 1 aliphatic carbocycles. The van der Waals surface area contributed by atoms with E-state index in [0.29, 0.717) is 12.0 Å². The van der Waals surface area contributed by atoms with Gasteiger partial charge >= 0.3 is 0 Å². The van der Waals surface area contributed by atoms with Crippen molar-refractivity contribution in [2.75, 3.05) is 0 Å². The van der Waals surface area contributed by atoms with Crippen molar-refractivity contribution >= 4 is 0 Å². The molecule has 1 aromatic carbocycles. The Morgan fingerprint density at radius 3 is 2.43 bits per heavy atom. The van der Waals surface area contributed by atoms with Gasteiger partial charge in [0.25, 0.3) is 0 Å². The highest BCUT2D eigenvalue weighted by molar-refractivity contribution is 5.35. The minimum absolute atomic E-state index is 0.222. The number of phenols is 1. The monoisotopic (exact) mass is 199 g/mol. The van der Waals surface area contributed by atoms with Gasteiger partial charge in [-0.25, -0.2) is 8.78 Å². The summed E-state index contributed by atoms with van der Waals surface area (Å²) in [6, 6.07) is 1.80. The second-order valence-corrected chi connectivity index (χ2v) is 3.93. The molecule has 1 saturated carbocycles. The molecule has 0 radical (unpaired) electrons. The lowest BCUT2D eigenvalue weighted by Gasteiger charge is -2.10. The first kappa shape index (κ1) is 9.40. The van der Waals surface area contributed by atoms with Crippen molar-refractivity contribution in [3.05, 3.63) is 29.3 Å². The van der Waals surface area contributed by atoms with Crippen molar-refractivity contribution in [2.45, 2.75) is 24.8 Å². The van der Waals surface area contributed by atoms with E-state index in [4.69, 9.17) is 5.73 Å². The van der Waals surface area contributed by atoms with Crippen LogP contribution in [0.1, 0.15) is 18.4 Å². The van der Waals surface area contributed by atoms with Gasteiger partial charge in [0.2, 0.25) is 0 Å². The summed E-state index contributed by atoms with van der Waals surface area (Å²) in [5, 5.41) is 9.34. The molecule has 1 fully saturated rings. The zero-order valence-electron chi connectivity index (χ0n) is 7.56. The van der Waals surface area contributed by atoms with Crippen LogP contribution >= 0.6 is 0 Å². The molecule has 0 atom stereocenters. The zero-order valence-corrected chi connectivity index (χ0v) is 7.56. The van der Waals surface area contributed by atoms with Gasteiger partial charge in [-0.3, -0.25) is 0 Å². The van der Waals surface area contributed by atoms with Gasteiger partial charge in [-0.1, -0.05) is 0 Å². The summed E-state index contributed by atoms with van der Waals surface area (Å²) in [5.41, 5.74) is 5.87. The third-order valence-corrected chi connectivity index (χ3v) is 2.56. The largest absolute Gasteiger partial charge is 0.508 e. The van der Waals surface area contributed by atoms with Gasteiger partial charge in [0.1, 0.15) is 5.75 Å². The molecule has 1 aromatic rings. The van der Waals surface area contributed by atoms with Gasteiger partial charge in [0.15, 0.2) is 11.6 Å². The van der Waals surface area contributed by atoms with Gasteiger partial charge in [-0.05, 0) is 30.9 Å². The van der Waals surface area contributed by atoms with Crippen molar-refractivity contribution in [1.29, 1.82) is 0 Å². The SMILES string of the molecule is NC1(Cc2cc(F)c(F)cc2O)CC1. The molecule has 2 nitrogen and oxygen atoms in total. The maximum Gasteiger partial charge on any atom is 0.162 e.